The van der Waals surface area contributed by atoms with E-state index in [1.54, 1.807) is 6.92 Å². The molecule has 0 unspecified atom stereocenters. The Kier molecular flexibility index (Phi) is 4.09. The van der Waals surface area contributed by atoms with Gasteiger partial charge in [0.15, 0.2) is 0 Å². The van der Waals surface area contributed by atoms with Crippen LogP contribution in [0.3, 0.4) is 0 Å². The topological polar surface area (TPSA) is 41.8 Å². The van der Waals surface area contributed by atoms with E-state index in [1.807, 2.05) is 6.92 Å². The Morgan fingerprint density at radius 2 is 2.27 bits per heavy atom. The van der Waals surface area contributed by atoms with E-state index in [2.05, 4.69) is 5.16 Å². The molecule has 1 N–H and O–H groups in total. The van der Waals surface area contributed by atoms with Gasteiger partial charge in [-0.1, -0.05) is 12.1 Å². The highest BCUT2D eigenvalue weighted by Crippen LogP contribution is 2.20. The van der Waals surface area contributed by atoms with Crippen molar-refractivity contribution in [1.82, 2.24) is 0 Å². The summed E-state index contributed by atoms with van der Waals surface area (Å²) >= 11 is 0. The fourth-order valence-corrected chi connectivity index (χ4v) is 1.18. The third kappa shape index (κ3) is 2.94. The van der Waals surface area contributed by atoms with Gasteiger partial charge in [-0.3, -0.25) is 0 Å². The van der Waals surface area contributed by atoms with Gasteiger partial charge in [0, 0.05) is 5.56 Å². The minimum absolute atomic E-state index is 0.334. The molecule has 0 saturated heterocycles. The van der Waals surface area contributed by atoms with Crippen molar-refractivity contribution in [2.45, 2.75) is 20.3 Å². The van der Waals surface area contributed by atoms with Crippen molar-refractivity contribution in [3.63, 3.8) is 0 Å². The fraction of sp³-hybridized carbons (Fsp3) is 0.364. The van der Waals surface area contributed by atoms with Crippen LogP contribution >= 0.6 is 0 Å². The molecule has 0 aliphatic rings. The van der Waals surface area contributed by atoms with Gasteiger partial charge in [-0.05, 0) is 31.5 Å². The quantitative estimate of drug-likeness (QED) is 0.472. The molecule has 0 spiro atoms. The van der Waals surface area contributed by atoms with E-state index in [0.717, 1.165) is 6.42 Å². The summed E-state index contributed by atoms with van der Waals surface area (Å²) in [6.45, 7) is 4.13. The SMILES string of the molecule is CCCOc1ccc(F)cc1C(C)=NO. The summed E-state index contributed by atoms with van der Waals surface area (Å²) in [4.78, 5) is 0. The van der Waals surface area contributed by atoms with Crippen LogP contribution in [0, 0.1) is 5.82 Å². The maximum atomic E-state index is 13.0. The highest BCUT2D eigenvalue weighted by molar-refractivity contribution is 6.00. The molecule has 0 bridgehead atoms. The zero-order valence-corrected chi connectivity index (χ0v) is 8.83. The maximum Gasteiger partial charge on any atom is 0.128 e. The number of ether oxygens (including phenoxy) is 1. The van der Waals surface area contributed by atoms with Crippen LogP contribution in [0.15, 0.2) is 23.4 Å². The second-order valence-electron chi connectivity index (χ2n) is 3.17. The van der Waals surface area contributed by atoms with Crippen molar-refractivity contribution in [2.24, 2.45) is 5.16 Å². The van der Waals surface area contributed by atoms with Gasteiger partial charge in [-0.15, -0.1) is 0 Å². The minimum Gasteiger partial charge on any atom is -0.493 e. The zero-order valence-electron chi connectivity index (χ0n) is 8.83. The molecule has 1 aromatic rings. The molecule has 3 nitrogen and oxygen atoms in total. The Balaban J connectivity index is 3.03. The number of halogens is 1. The van der Waals surface area contributed by atoms with E-state index in [4.69, 9.17) is 9.94 Å². The lowest BCUT2D eigenvalue weighted by atomic mass is 10.1. The largest absolute Gasteiger partial charge is 0.493 e. The van der Waals surface area contributed by atoms with Crippen molar-refractivity contribution in [1.29, 1.82) is 0 Å². The van der Waals surface area contributed by atoms with Gasteiger partial charge in [-0.2, -0.15) is 0 Å². The van der Waals surface area contributed by atoms with Gasteiger partial charge in [0.1, 0.15) is 11.6 Å². The molecule has 0 aliphatic carbocycles. The molecule has 82 valence electrons. The number of hydrogen-bond acceptors (Lipinski definition) is 3. The summed E-state index contributed by atoms with van der Waals surface area (Å²) in [5.41, 5.74) is 0.812. The number of oxime groups is 1. The molecule has 0 aliphatic heterocycles. The molecule has 0 amide bonds. The smallest absolute Gasteiger partial charge is 0.128 e. The minimum atomic E-state index is -0.378. The molecule has 15 heavy (non-hydrogen) atoms. The molecular weight excluding hydrogens is 197 g/mol. The lowest BCUT2D eigenvalue weighted by Crippen LogP contribution is -2.03. The van der Waals surface area contributed by atoms with Crippen molar-refractivity contribution >= 4 is 5.71 Å². The average molecular weight is 211 g/mol. The van der Waals surface area contributed by atoms with Crippen LogP contribution in [0.5, 0.6) is 5.75 Å². The molecule has 0 aromatic heterocycles. The van der Waals surface area contributed by atoms with Gasteiger partial charge < -0.3 is 9.94 Å². The second kappa shape index (κ2) is 5.34. The summed E-state index contributed by atoms with van der Waals surface area (Å²) in [6, 6.07) is 4.15. The van der Waals surface area contributed by atoms with E-state index < -0.39 is 0 Å². The molecule has 0 saturated carbocycles. The highest BCUT2D eigenvalue weighted by Gasteiger charge is 2.08. The lowest BCUT2D eigenvalue weighted by Gasteiger charge is -2.09. The molecule has 1 rings (SSSR count). The van der Waals surface area contributed by atoms with E-state index >= 15 is 0 Å². The van der Waals surface area contributed by atoms with Gasteiger partial charge in [-0.25, -0.2) is 4.39 Å². The number of benzene rings is 1. The van der Waals surface area contributed by atoms with E-state index in [1.165, 1.54) is 18.2 Å². The number of rotatable bonds is 4. The Morgan fingerprint density at radius 3 is 2.87 bits per heavy atom. The van der Waals surface area contributed by atoms with E-state index in [-0.39, 0.29) is 5.82 Å². The van der Waals surface area contributed by atoms with Crippen LogP contribution < -0.4 is 4.74 Å². The van der Waals surface area contributed by atoms with Crippen LogP contribution in [-0.2, 0) is 0 Å². The third-order valence-corrected chi connectivity index (χ3v) is 1.94. The van der Waals surface area contributed by atoms with Crippen molar-refractivity contribution in [2.75, 3.05) is 6.61 Å². The summed E-state index contributed by atoms with van der Waals surface area (Å²) in [5, 5.41) is 11.7. The second-order valence-corrected chi connectivity index (χ2v) is 3.17. The molecule has 0 fully saturated rings. The normalized spacial score (nSPS) is 11.5. The van der Waals surface area contributed by atoms with Gasteiger partial charge in [0.25, 0.3) is 0 Å². The molecule has 4 heteroatoms. The van der Waals surface area contributed by atoms with Crippen molar-refractivity contribution in [3.8, 4) is 5.75 Å². The van der Waals surface area contributed by atoms with Gasteiger partial charge >= 0.3 is 0 Å². The first kappa shape index (κ1) is 11.5. The fourth-order valence-electron chi connectivity index (χ4n) is 1.18. The molecule has 0 heterocycles. The van der Waals surface area contributed by atoms with E-state index in [0.29, 0.717) is 23.6 Å². The summed E-state index contributed by atoms with van der Waals surface area (Å²) < 4.78 is 18.4. The molecular formula is C11H14FNO2. The molecule has 0 radical (unpaired) electrons. The summed E-state index contributed by atoms with van der Waals surface area (Å²) in [5.74, 6) is 0.158. The van der Waals surface area contributed by atoms with Crippen LogP contribution in [0.25, 0.3) is 0 Å². The zero-order chi connectivity index (χ0) is 11.3. The summed E-state index contributed by atoms with van der Waals surface area (Å²) in [6.07, 6.45) is 0.867. The molecule has 0 atom stereocenters. The lowest BCUT2D eigenvalue weighted by molar-refractivity contribution is 0.311. The Labute approximate surface area is 88.2 Å². The predicted octanol–water partition coefficient (Wildman–Crippen LogP) is 2.81. The van der Waals surface area contributed by atoms with Crippen molar-refractivity contribution in [3.05, 3.63) is 29.6 Å². The monoisotopic (exact) mass is 211 g/mol. The third-order valence-electron chi connectivity index (χ3n) is 1.94. The Bertz CT molecular complexity index is 364. The van der Waals surface area contributed by atoms with Crippen LogP contribution in [0.1, 0.15) is 25.8 Å². The van der Waals surface area contributed by atoms with Crippen molar-refractivity contribution < 1.29 is 14.3 Å². The predicted molar refractivity (Wildman–Crippen MR) is 56.2 cm³/mol. The maximum absolute atomic E-state index is 13.0. The first-order valence-corrected chi connectivity index (χ1v) is 4.80. The van der Waals surface area contributed by atoms with Crippen LogP contribution in [0.2, 0.25) is 0 Å². The Hall–Kier alpha value is -1.58. The molecule has 1 aromatic carbocycles. The first-order chi connectivity index (χ1) is 7.19. The Morgan fingerprint density at radius 1 is 1.53 bits per heavy atom. The van der Waals surface area contributed by atoms with Gasteiger partial charge in [0.05, 0.1) is 12.3 Å². The highest BCUT2D eigenvalue weighted by atomic mass is 19.1. The standard InChI is InChI=1S/C11H14FNO2/c1-3-6-15-11-5-4-9(12)7-10(11)8(2)13-14/h4-5,7,14H,3,6H2,1-2H3. The van der Waals surface area contributed by atoms with Gasteiger partial charge in [0.2, 0.25) is 0 Å². The average Bonchev–Trinajstić information content (AvgIpc) is 2.26. The number of nitrogens with zero attached hydrogens (tertiary/aromatic N) is 1. The summed E-state index contributed by atoms with van der Waals surface area (Å²) in [7, 11) is 0. The first-order valence-electron chi connectivity index (χ1n) is 4.80. The van der Waals surface area contributed by atoms with Crippen LogP contribution in [0.4, 0.5) is 4.39 Å². The van der Waals surface area contributed by atoms with E-state index in [9.17, 15) is 4.39 Å². The van der Waals surface area contributed by atoms with Crippen LogP contribution in [-0.4, -0.2) is 17.5 Å². The number of hydrogen-bond donors (Lipinski definition) is 1.